The molecule has 0 aliphatic rings. The third kappa shape index (κ3) is 5.62. The zero-order valence-corrected chi connectivity index (χ0v) is 15.3. The first-order valence-electron chi connectivity index (χ1n) is 8.78. The second kappa shape index (κ2) is 10.0. The summed E-state index contributed by atoms with van der Waals surface area (Å²) in [5.74, 6) is 5.89. The van der Waals surface area contributed by atoms with E-state index in [0.717, 1.165) is 29.4 Å². The number of nitrogens with one attached hydrogen (secondary N) is 1. The fourth-order valence-corrected chi connectivity index (χ4v) is 2.59. The minimum atomic E-state index is -0.170. The molecule has 142 valence electrons. The third-order valence-corrected chi connectivity index (χ3v) is 4.00. The van der Waals surface area contributed by atoms with Crippen LogP contribution in [0.15, 0.2) is 42.1 Å². The predicted molar refractivity (Wildman–Crippen MR) is 104 cm³/mol. The number of rotatable bonds is 9. The Labute approximate surface area is 158 Å². The van der Waals surface area contributed by atoms with Crippen molar-refractivity contribution in [3.05, 3.63) is 47.7 Å². The lowest BCUT2D eigenvalue weighted by Gasteiger charge is -2.09. The average Bonchev–Trinajstić information content (AvgIpc) is 2.68. The van der Waals surface area contributed by atoms with E-state index in [0.29, 0.717) is 30.9 Å². The Kier molecular flexibility index (Phi) is 7.47. The first kappa shape index (κ1) is 20.1. The van der Waals surface area contributed by atoms with Gasteiger partial charge in [0.1, 0.15) is 11.8 Å². The quantitative estimate of drug-likeness (QED) is 0.204. The van der Waals surface area contributed by atoms with Crippen LogP contribution in [0.1, 0.15) is 31.7 Å². The Morgan fingerprint density at radius 3 is 2.63 bits per heavy atom. The van der Waals surface area contributed by atoms with Crippen molar-refractivity contribution in [1.82, 2.24) is 5.43 Å². The number of fused-ring (bicyclic) bond motifs is 1. The van der Waals surface area contributed by atoms with E-state index < -0.39 is 0 Å². The molecule has 2 aromatic carbocycles. The van der Waals surface area contributed by atoms with Crippen molar-refractivity contribution in [1.29, 1.82) is 5.26 Å². The molecule has 27 heavy (non-hydrogen) atoms. The molecule has 0 aromatic heterocycles. The lowest BCUT2D eigenvalue weighted by Crippen LogP contribution is -2.23. The van der Waals surface area contributed by atoms with Crippen LogP contribution in [0.2, 0.25) is 0 Å². The van der Waals surface area contributed by atoms with Crippen LogP contribution in [0.5, 0.6) is 5.75 Å². The summed E-state index contributed by atoms with van der Waals surface area (Å²) in [4.78, 5) is 11.3. The smallest absolute Gasteiger partial charge is 0.305 e. The summed E-state index contributed by atoms with van der Waals surface area (Å²) >= 11 is 0. The van der Waals surface area contributed by atoms with E-state index in [1.54, 1.807) is 6.92 Å². The van der Waals surface area contributed by atoms with Crippen LogP contribution in [0.25, 0.3) is 16.5 Å². The first-order valence-corrected chi connectivity index (χ1v) is 8.78. The molecule has 7 nitrogen and oxygen atoms in total. The number of carbonyl (C=O) groups is 1. The van der Waals surface area contributed by atoms with Crippen LogP contribution >= 0.6 is 0 Å². The molecule has 0 radical (unpaired) electrons. The number of nitrogens with two attached hydrogens (primary N) is 2. The van der Waals surface area contributed by atoms with Gasteiger partial charge in [-0.3, -0.25) is 4.79 Å². The van der Waals surface area contributed by atoms with Crippen molar-refractivity contribution in [3.8, 4) is 11.8 Å². The highest BCUT2D eigenvalue weighted by atomic mass is 16.5. The van der Waals surface area contributed by atoms with Gasteiger partial charge in [0, 0.05) is 12.0 Å². The van der Waals surface area contributed by atoms with Gasteiger partial charge in [0.25, 0.3) is 0 Å². The maximum atomic E-state index is 11.3. The molecule has 0 aliphatic heterocycles. The molecular weight excluding hydrogens is 344 g/mol. The van der Waals surface area contributed by atoms with Crippen molar-refractivity contribution in [2.24, 2.45) is 11.6 Å². The van der Waals surface area contributed by atoms with Crippen molar-refractivity contribution >= 4 is 22.4 Å². The zero-order chi connectivity index (χ0) is 19.6. The molecule has 0 heterocycles. The van der Waals surface area contributed by atoms with Crippen LogP contribution in [-0.4, -0.2) is 19.2 Å². The van der Waals surface area contributed by atoms with Gasteiger partial charge >= 0.3 is 5.97 Å². The van der Waals surface area contributed by atoms with E-state index >= 15 is 0 Å². The van der Waals surface area contributed by atoms with Crippen LogP contribution in [0, 0.1) is 11.3 Å². The summed E-state index contributed by atoms with van der Waals surface area (Å²) < 4.78 is 10.6. The minimum absolute atomic E-state index is 0.122. The maximum absolute atomic E-state index is 11.3. The highest BCUT2D eigenvalue weighted by Crippen LogP contribution is 2.24. The number of ether oxygens (including phenoxy) is 2. The first-order chi connectivity index (χ1) is 13.1. The summed E-state index contributed by atoms with van der Waals surface area (Å²) in [6, 6.07) is 13.3. The number of nitriles is 1. The Balaban J connectivity index is 1.98. The summed E-state index contributed by atoms with van der Waals surface area (Å²) in [5.41, 5.74) is 9.40. The molecule has 0 unspecified atom stereocenters. The highest BCUT2D eigenvalue weighted by Gasteiger charge is 2.06. The number of esters is 1. The number of nitrogens with zero attached hydrogens (tertiary/aromatic N) is 1. The van der Waals surface area contributed by atoms with Gasteiger partial charge in [0.15, 0.2) is 5.70 Å². The molecule has 0 aliphatic carbocycles. The molecule has 0 amide bonds. The van der Waals surface area contributed by atoms with Gasteiger partial charge in [-0.05, 0) is 48.7 Å². The van der Waals surface area contributed by atoms with Crippen LogP contribution < -0.4 is 21.7 Å². The number of carbonyl (C=O) groups excluding carboxylic acids is 1. The maximum Gasteiger partial charge on any atom is 0.305 e. The highest BCUT2D eigenvalue weighted by molar-refractivity contribution is 5.87. The summed E-state index contributed by atoms with van der Waals surface area (Å²) in [5, 5.41) is 11.0. The summed E-state index contributed by atoms with van der Waals surface area (Å²) in [7, 11) is 0. The van der Waals surface area contributed by atoms with Crippen LogP contribution in [0.4, 0.5) is 0 Å². The molecular formula is C20H24N4O3. The Hall–Kier alpha value is -3.24. The number of benzene rings is 2. The van der Waals surface area contributed by atoms with Crippen molar-refractivity contribution in [2.75, 3.05) is 13.2 Å². The number of hydrogen-bond acceptors (Lipinski definition) is 7. The molecule has 0 bridgehead atoms. The van der Waals surface area contributed by atoms with E-state index in [1.807, 2.05) is 42.5 Å². The van der Waals surface area contributed by atoms with Gasteiger partial charge in [-0.25, -0.2) is 5.84 Å². The lowest BCUT2D eigenvalue weighted by atomic mass is 10.0. The van der Waals surface area contributed by atoms with Gasteiger partial charge in [0.2, 0.25) is 0 Å². The Morgan fingerprint density at radius 1 is 1.19 bits per heavy atom. The summed E-state index contributed by atoms with van der Waals surface area (Å²) in [6.07, 6.45) is 1.92. The van der Waals surface area contributed by atoms with Crippen LogP contribution in [0.3, 0.4) is 0 Å². The molecule has 2 aromatic rings. The largest absolute Gasteiger partial charge is 0.494 e. The van der Waals surface area contributed by atoms with Gasteiger partial charge in [0.05, 0.1) is 18.9 Å². The molecule has 0 atom stereocenters. The van der Waals surface area contributed by atoms with Gasteiger partial charge < -0.3 is 20.6 Å². The molecule has 0 spiro atoms. The lowest BCUT2D eigenvalue weighted by molar-refractivity contribution is -0.143. The third-order valence-electron chi connectivity index (χ3n) is 4.00. The van der Waals surface area contributed by atoms with Gasteiger partial charge in [-0.1, -0.05) is 18.2 Å². The molecule has 0 saturated carbocycles. The number of hydrazine groups is 1. The second-order valence-electron chi connectivity index (χ2n) is 5.88. The number of allylic oxidation sites excluding steroid dienone is 1. The minimum Gasteiger partial charge on any atom is -0.494 e. The summed E-state index contributed by atoms with van der Waals surface area (Å²) in [6.45, 7) is 2.74. The van der Waals surface area contributed by atoms with E-state index in [4.69, 9.17) is 26.3 Å². The SMILES string of the molecule is CCOC(=O)CCCCOc1ccc2cc(/C(N)=C(\C#N)NN)ccc2c1. The topological polar surface area (TPSA) is 123 Å². The average molecular weight is 368 g/mol. The fraction of sp³-hybridized carbons (Fsp3) is 0.300. The fourth-order valence-electron chi connectivity index (χ4n) is 2.59. The van der Waals surface area contributed by atoms with Crippen molar-refractivity contribution in [3.63, 3.8) is 0 Å². The molecule has 5 N–H and O–H groups in total. The van der Waals surface area contributed by atoms with Crippen LogP contribution in [-0.2, 0) is 9.53 Å². The van der Waals surface area contributed by atoms with E-state index in [9.17, 15) is 4.79 Å². The van der Waals surface area contributed by atoms with E-state index in [2.05, 4.69) is 5.43 Å². The molecule has 0 saturated heterocycles. The van der Waals surface area contributed by atoms with E-state index in [1.165, 1.54) is 0 Å². The predicted octanol–water partition coefficient (Wildman–Crippen LogP) is 2.57. The molecule has 2 rings (SSSR count). The van der Waals surface area contributed by atoms with Crippen molar-refractivity contribution < 1.29 is 14.3 Å². The van der Waals surface area contributed by atoms with E-state index in [-0.39, 0.29) is 11.7 Å². The second-order valence-corrected chi connectivity index (χ2v) is 5.88. The monoisotopic (exact) mass is 368 g/mol. The molecule has 7 heteroatoms. The molecule has 0 fully saturated rings. The number of hydrogen-bond donors (Lipinski definition) is 3. The standard InChI is InChI=1S/C20H24N4O3/c1-2-26-19(25)5-3-4-10-27-17-9-8-14-11-16(7-6-15(14)12-17)20(22)18(13-21)24-23/h6-9,11-12,24H,2-5,10,22-23H2,1H3/b20-18-. The zero-order valence-electron chi connectivity index (χ0n) is 15.3. The van der Waals surface area contributed by atoms with Gasteiger partial charge in [-0.15, -0.1) is 0 Å². The number of unbranched alkanes of at least 4 members (excludes halogenated alkanes) is 1. The Bertz CT molecular complexity index is 871. The normalized spacial score (nSPS) is 11.4. The van der Waals surface area contributed by atoms with Gasteiger partial charge in [-0.2, -0.15) is 5.26 Å². The van der Waals surface area contributed by atoms with Crippen molar-refractivity contribution in [2.45, 2.75) is 26.2 Å². The Morgan fingerprint density at radius 2 is 1.93 bits per heavy atom.